The number of nitrogens with one attached hydrogen (secondary N) is 1. The first-order valence-corrected chi connectivity index (χ1v) is 10.5. The van der Waals surface area contributed by atoms with Crippen LogP contribution in [0.2, 0.25) is 0 Å². The number of carbonyl (C=O) groups excluding carboxylic acids is 1. The largest absolute Gasteiger partial charge is 0.338 e. The van der Waals surface area contributed by atoms with Gasteiger partial charge < -0.3 is 14.8 Å². The van der Waals surface area contributed by atoms with Crippen molar-refractivity contribution < 1.29 is 4.79 Å². The van der Waals surface area contributed by atoms with Gasteiger partial charge in [-0.05, 0) is 37.8 Å². The Morgan fingerprint density at radius 3 is 2.81 bits per heavy atom. The maximum atomic E-state index is 12.9. The number of thiophene rings is 1. The van der Waals surface area contributed by atoms with Gasteiger partial charge in [-0.15, -0.1) is 33.9 Å². The monoisotopic (exact) mass is 409 g/mol. The molecular formula is C19H28ClN5OS. The summed E-state index contributed by atoms with van der Waals surface area (Å²) in [5.41, 5.74) is 1.33. The first kappa shape index (κ1) is 20.3. The predicted molar refractivity (Wildman–Crippen MR) is 110 cm³/mol. The van der Waals surface area contributed by atoms with E-state index in [2.05, 4.69) is 40.0 Å². The number of hydrogen-bond acceptors (Lipinski definition) is 5. The molecular weight excluding hydrogens is 382 g/mol. The molecule has 148 valence electrons. The molecule has 2 aliphatic heterocycles. The number of aryl methyl sites for hydroxylation is 2. The molecule has 2 aromatic rings. The van der Waals surface area contributed by atoms with Crippen LogP contribution in [0.25, 0.3) is 0 Å². The number of hydrogen-bond donors (Lipinski definition) is 1. The van der Waals surface area contributed by atoms with E-state index in [4.69, 9.17) is 0 Å². The average molecular weight is 410 g/mol. The first-order valence-electron chi connectivity index (χ1n) is 9.68. The van der Waals surface area contributed by atoms with E-state index >= 15 is 0 Å². The predicted octanol–water partition coefficient (Wildman–Crippen LogP) is 3.15. The van der Waals surface area contributed by atoms with Gasteiger partial charge >= 0.3 is 0 Å². The number of carbonyl (C=O) groups is 1. The number of piperidine rings is 1. The second-order valence-electron chi connectivity index (χ2n) is 7.31. The molecule has 0 bridgehead atoms. The lowest BCUT2D eigenvalue weighted by Gasteiger charge is -2.31. The molecule has 2 aromatic heterocycles. The zero-order chi connectivity index (χ0) is 18.1. The third-order valence-electron chi connectivity index (χ3n) is 5.55. The van der Waals surface area contributed by atoms with Gasteiger partial charge in [0.25, 0.3) is 5.91 Å². The summed E-state index contributed by atoms with van der Waals surface area (Å²) in [6.45, 7) is 8.67. The summed E-state index contributed by atoms with van der Waals surface area (Å²) in [7, 11) is 0. The van der Waals surface area contributed by atoms with Crippen molar-refractivity contribution in [2.24, 2.45) is 0 Å². The zero-order valence-corrected chi connectivity index (χ0v) is 17.7. The fourth-order valence-electron chi connectivity index (χ4n) is 4.06. The summed E-state index contributed by atoms with van der Waals surface area (Å²) in [5, 5.41) is 12.1. The molecule has 8 heteroatoms. The van der Waals surface area contributed by atoms with Crippen LogP contribution in [-0.2, 0) is 19.5 Å². The van der Waals surface area contributed by atoms with Crippen molar-refractivity contribution in [1.29, 1.82) is 0 Å². The number of fused-ring (bicyclic) bond motifs is 1. The summed E-state index contributed by atoms with van der Waals surface area (Å²) in [6, 6.07) is 2.11. The van der Waals surface area contributed by atoms with Crippen molar-refractivity contribution in [3.8, 4) is 0 Å². The molecule has 0 aromatic carbocycles. The van der Waals surface area contributed by atoms with Crippen LogP contribution in [0.5, 0.6) is 0 Å². The van der Waals surface area contributed by atoms with Gasteiger partial charge in [0.2, 0.25) is 0 Å². The first-order chi connectivity index (χ1) is 12.7. The van der Waals surface area contributed by atoms with Crippen molar-refractivity contribution in [3.63, 3.8) is 0 Å². The van der Waals surface area contributed by atoms with E-state index in [1.807, 2.05) is 4.90 Å². The molecule has 0 saturated carbocycles. The molecule has 0 unspecified atom stereocenters. The smallest absolute Gasteiger partial charge is 0.263 e. The van der Waals surface area contributed by atoms with E-state index in [0.717, 1.165) is 74.9 Å². The number of nitrogens with zero attached hydrogens (tertiary/aromatic N) is 4. The number of halogens is 1. The van der Waals surface area contributed by atoms with E-state index in [9.17, 15) is 4.79 Å². The van der Waals surface area contributed by atoms with Crippen molar-refractivity contribution in [1.82, 2.24) is 25.0 Å². The third kappa shape index (κ3) is 4.05. The van der Waals surface area contributed by atoms with Crippen molar-refractivity contribution in [2.75, 3.05) is 19.6 Å². The standard InChI is InChI=1S/C19H27N5OS.ClH/c1-3-4-15-11-16(26-13(15)2)19(25)23-8-5-14(6-9-23)18-22-21-17-12-20-7-10-24(17)18;/h11,14,20H,3-10,12H2,1-2H3;1H. The lowest BCUT2D eigenvalue weighted by Crippen LogP contribution is -2.38. The number of amides is 1. The van der Waals surface area contributed by atoms with Gasteiger partial charge in [0, 0.05) is 37.0 Å². The lowest BCUT2D eigenvalue weighted by molar-refractivity contribution is 0.0715. The molecule has 4 heterocycles. The van der Waals surface area contributed by atoms with Gasteiger partial charge in [-0.25, -0.2) is 0 Å². The van der Waals surface area contributed by atoms with Crippen LogP contribution < -0.4 is 5.32 Å². The van der Waals surface area contributed by atoms with E-state index in [1.54, 1.807) is 11.3 Å². The third-order valence-corrected chi connectivity index (χ3v) is 6.63. The van der Waals surface area contributed by atoms with Gasteiger partial charge in [-0.2, -0.15) is 0 Å². The molecule has 1 N–H and O–H groups in total. The second-order valence-corrected chi connectivity index (χ2v) is 8.57. The second kappa shape index (κ2) is 8.71. The molecule has 0 spiro atoms. The highest BCUT2D eigenvalue weighted by Gasteiger charge is 2.29. The van der Waals surface area contributed by atoms with Gasteiger partial charge in [0.05, 0.1) is 11.4 Å². The van der Waals surface area contributed by atoms with E-state index in [1.165, 1.54) is 10.4 Å². The van der Waals surface area contributed by atoms with Crippen molar-refractivity contribution in [3.05, 3.63) is 33.0 Å². The van der Waals surface area contributed by atoms with E-state index in [0.29, 0.717) is 5.92 Å². The lowest BCUT2D eigenvalue weighted by atomic mass is 9.95. The average Bonchev–Trinajstić information content (AvgIpc) is 3.26. The Morgan fingerprint density at radius 2 is 2.07 bits per heavy atom. The van der Waals surface area contributed by atoms with Crippen LogP contribution in [-0.4, -0.2) is 45.2 Å². The Hall–Kier alpha value is -1.44. The fourth-order valence-corrected chi connectivity index (χ4v) is 5.10. The van der Waals surface area contributed by atoms with Gasteiger partial charge in [-0.3, -0.25) is 4.79 Å². The molecule has 0 atom stereocenters. The topological polar surface area (TPSA) is 63.1 Å². The van der Waals surface area contributed by atoms with Crippen molar-refractivity contribution >= 4 is 29.7 Å². The minimum absolute atomic E-state index is 0. The maximum Gasteiger partial charge on any atom is 0.263 e. The Balaban J connectivity index is 0.00000210. The Bertz CT molecular complexity index is 794. The molecule has 6 nitrogen and oxygen atoms in total. The van der Waals surface area contributed by atoms with E-state index < -0.39 is 0 Å². The van der Waals surface area contributed by atoms with Gasteiger partial charge in [-0.1, -0.05) is 13.3 Å². The van der Waals surface area contributed by atoms with Crippen LogP contribution in [0, 0.1) is 6.92 Å². The molecule has 27 heavy (non-hydrogen) atoms. The molecule has 1 saturated heterocycles. The molecule has 1 fully saturated rings. The highest BCUT2D eigenvalue weighted by molar-refractivity contribution is 7.14. The molecule has 1 amide bonds. The van der Waals surface area contributed by atoms with Crippen LogP contribution in [0.15, 0.2) is 6.07 Å². The van der Waals surface area contributed by atoms with Crippen LogP contribution in [0.3, 0.4) is 0 Å². The summed E-state index contributed by atoms with van der Waals surface area (Å²) in [4.78, 5) is 17.1. The molecule has 0 aliphatic carbocycles. The molecule has 4 rings (SSSR count). The van der Waals surface area contributed by atoms with Crippen molar-refractivity contribution in [2.45, 2.75) is 58.5 Å². The highest BCUT2D eigenvalue weighted by Crippen LogP contribution is 2.30. The molecule has 0 radical (unpaired) electrons. The SMILES string of the molecule is CCCc1cc(C(=O)N2CCC(c3nnc4n3CCNC4)CC2)sc1C.Cl. The summed E-state index contributed by atoms with van der Waals surface area (Å²) in [6.07, 6.45) is 4.13. The zero-order valence-electron chi connectivity index (χ0n) is 16.0. The minimum atomic E-state index is 0. The normalized spacial score (nSPS) is 17.5. The summed E-state index contributed by atoms with van der Waals surface area (Å²) >= 11 is 1.65. The van der Waals surface area contributed by atoms with Crippen LogP contribution in [0.1, 0.15) is 63.9 Å². The Morgan fingerprint density at radius 1 is 1.30 bits per heavy atom. The van der Waals surface area contributed by atoms with Crippen LogP contribution in [0.4, 0.5) is 0 Å². The maximum absolute atomic E-state index is 12.9. The number of rotatable bonds is 4. The van der Waals surface area contributed by atoms with Gasteiger partial charge in [0.15, 0.2) is 0 Å². The fraction of sp³-hybridized carbons (Fsp3) is 0.632. The molecule has 2 aliphatic rings. The van der Waals surface area contributed by atoms with Crippen LogP contribution >= 0.6 is 23.7 Å². The highest BCUT2D eigenvalue weighted by atomic mass is 35.5. The van der Waals surface area contributed by atoms with Gasteiger partial charge in [0.1, 0.15) is 11.6 Å². The Labute approximate surface area is 170 Å². The number of likely N-dealkylation sites (tertiary alicyclic amines) is 1. The summed E-state index contributed by atoms with van der Waals surface area (Å²) < 4.78 is 2.28. The minimum Gasteiger partial charge on any atom is -0.338 e. The number of aromatic nitrogens is 3. The quantitative estimate of drug-likeness (QED) is 0.842. The van der Waals surface area contributed by atoms with E-state index in [-0.39, 0.29) is 18.3 Å². The summed E-state index contributed by atoms with van der Waals surface area (Å²) in [5.74, 6) is 2.78. The Kier molecular flexibility index (Phi) is 6.55.